The molecule has 11 aliphatic carbocycles. The minimum Gasteiger partial charge on any atom is -0.394 e. The summed E-state index contributed by atoms with van der Waals surface area (Å²) in [6.07, 6.45) is 18.0. The molecule has 300 valence electrons. The molecule has 0 aliphatic heterocycles. The normalized spacial score (nSPS) is 53.3. The van der Waals surface area contributed by atoms with Crippen molar-refractivity contribution >= 4 is 17.9 Å². The van der Waals surface area contributed by atoms with E-state index in [1.54, 1.807) is 0 Å². The maximum Gasteiger partial charge on any atom is 0.159 e. The number of ketones is 1. The van der Waals surface area contributed by atoms with E-state index >= 15 is 4.79 Å². The lowest BCUT2D eigenvalue weighted by atomic mass is 9.25. The highest BCUT2D eigenvalue weighted by atomic mass is 16.3. The van der Waals surface area contributed by atoms with Crippen LogP contribution in [0.1, 0.15) is 124 Å². The molecule has 5 N–H and O–H groups in total. The molecular formula is C50H64O6. The summed E-state index contributed by atoms with van der Waals surface area (Å²) in [5, 5.41) is 63.8. The van der Waals surface area contributed by atoms with E-state index in [2.05, 4.69) is 68.2 Å². The fourth-order valence-electron chi connectivity index (χ4n) is 19.1. The van der Waals surface area contributed by atoms with Gasteiger partial charge in [-0.25, -0.2) is 0 Å². The molecule has 5 bridgehead atoms. The first kappa shape index (κ1) is 36.8. The van der Waals surface area contributed by atoms with Crippen LogP contribution in [0.3, 0.4) is 0 Å². The molecule has 0 aromatic heterocycles. The Bertz CT molecular complexity index is 2100. The van der Waals surface area contributed by atoms with Gasteiger partial charge in [0.2, 0.25) is 0 Å². The molecule has 56 heavy (non-hydrogen) atoms. The van der Waals surface area contributed by atoms with E-state index in [9.17, 15) is 25.5 Å². The summed E-state index contributed by atoms with van der Waals surface area (Å²) in [6, 6.07) is 8.62. The lowest BCUT2D eigenvalue weighted by Gasteiger charge is -2.79. The smallest absolute Gasteiger partial charge is 0.159 e. The topological polar surface area (TPSA) is 118 Å². The van der Waals surface area contributed by atoms with Crippen molar-refractivity contribution in [2.75, 3.05) is 6.61 Å². The molecule has 1 aromatic carbocycles. The second kappa shape index (κ2) is 11.5. The maximum atomic E-state index is 16.1. The Morgan fingerprint density at radius 3 is 2.38 bits per heavy atom. The van der Waals surface area contributed by atoms with Gasteiger partial charge in [-0.3, -0.25) is 4.79 Å². The van der Waals surface area contributed by atoms with E-state index in [1.165, 1.54) is 16.0 Å². The molecule has 0 saturated heterocycles. The fourth-order valence-corrected chi connectivity index (χ4v) is 19.1. The third-order valence-corrected chi connectivity index (χ3v) is 20.9. The Hall–Kier alpha value is -2.27. The number of allylic oxidation sites excluding steroid dienone is 2. The molecule has 12 rings (SSSR count). The highest BCUT2D eigenvalue weighted by molar-refractivity contribution is 5.96. The summed E-state index contributed by atoms with van der Waals surface area (Å²) in [4.78, 5) is 16.1. The number of rotatable bonds is 2. The van der Waals surface area contributed by atoms with Crippen molar-refractivity contribution in [1.82, 2.24) is 0 Å². The zero-order chi connectivity index (χ0) is 38.9. The summed E-state index contributed by atoms with van der Waals surface area (Å²) >= 11 is 0. The molecule has 6 heteroatoms. The van der Waals surface area contributed by atoms with E-state index in [0.717, 1.165) is 77.0 Å². The second-order valence-electron chi connectivity index (χ2n) is 22.2. The Kier molecular flexibility index (Phi) is 7.56. The SMILES string of the molecule is CC12CCC#CC3(O)CCC4C(O)C3(C(C1)C1=CC(=O)C3C56CCC(O)C(C)(C(O)CO)C5CCC3(CCC3C=c5ccccc5=CC36)C14C)C1(CCCC1)C2. The lowest BCUT2D eigenvalue weighted by molar-refractivity contribution is -0.321. The van der Waals surface area contributed by atoms with Crippen LogP contribution >= 0.6 is 0 Å². The van der Waals surface area contributed by atoms with Gasteiger partial charge in [0.1, 0.15) is 5.60 Å². The number of carbonyl (C=O) groups excluding carboxylic acids is 1. The van der Waals surface area contributed by atoms with E-state index < -0.39 is 57.6 Å². The third-order valence-electron chi connectivity index (χ3n) is 20.9. The average molecular weight is 761 g/mol. The lowest BCUT2D eigenvalue weighted by Crippen LogP contribution is -2.80. The first-order valence-electron chi connectivity index (χ1n) is 22.6. The fraction of sp³-hybridized carbons (Fsp3) is 0.740. The number of hydrogen-bond acceptors (Lipinski definition) is 6. The van der Waals surface area contributed by atoms with Crippen molar-refractivity contribution < 1.29 is 30.3 Å². The molecule has 16 atom stereocenters. The van der Waals surface area contributed by atoms with Crippen molar-refractivity contribution in [3.63, 3.8) is 0 Å². The van der Waals surface area contributed by atoms with Crippen molar-refractivity contribution in [3.8, 4) is 11.8 Å². The summed E-state index contributed by atoms with van der Waals surface area (Å²) in [5.41, 5.74) is -3.61. The largest absolute Gasteiger partial charge is 0.394 e. The maximum absolute atomic E-state index is 16.1. The van der Waals surface area contributed by atoms with Gasteiger partial charge in [-0.15, -0.1) is 5.92 Å². The molecule has 3 spiro atoms. The summed E-state index contributed by atoms with van der Waals surface area (Å²) in [7, 11) is 0. The molecule has 16 unspecified atom stereocenters. The van der Waals surface area contributed by atoms with Gasteiger partial charge in [0.15, 0.2) is 5.78 Å². The Morgan fingerprint density at radius 2 is 1.62 bits per heavy atom. The number of fused-ring (bicyclic) bond motifs is 7. The number of aliphatic hydroxyl groups is 5. The standard InChI is InChI=1S/C50H64O6/c1-43-16-6-9-19-48(56)22-13-33-42(55)50(48,46(29-43)17-7-8-18-46)36(27-43)35-26-37(52)41-47(45(33,35)3)20-12-32-24-30-10-4-5-11-31(30)25-34(32)49(41)23-15-39(53)44(2,40(54)28-51)38(49)14-21-47/h4-5,10-11,24-26,32-34,36,38-42,51,53-56H,6-8,12-18,20-23,27-29H2,1-3H3. The van der Waals surface area contributed by atoms with Gasteiger partial charge in [0.25, 0.3) is 0 Å². The number of benzene rings is 1. The number of hydrogen-bond donors (Lipinski definition) is 5. The van der Waals surface area contributed by atoms with Crippen LogP contribution in [0.5, 0.6) is 0 Å². The highest BCUT2D eigenvalue weighted by Gasteiger charge is 2.84. The molecule has 7 fully saturated rings. The first-order valence-corrected chi connectivity index (χ1v) is 22.6. The summed E-state index contributed by atoms with van der Waals surface area (Å²) < 4.78 is 0. The quantitative estimate of drug-likeness (QED) is 0.251. The van der Waals surface area contributed by atoms with Gasteiger partial charge in [0, 0.05) is 28.6 Å². The van der Waals surface area contributed by atoms with Crippen molar-refractivity contribution in [3.05, 3.63) is 46.4 Å². The van der Waals surface area contributed by atoms with E-state index in [1.807, 2.05) is 6.92 Å². The van der Waals surface area contributed by atoms with E-state index in [0.29, 0.717) is 25.7 Å². The van der Waals surface area contributed by atoms with Crippen LogP contribution in [-0.4, -0.2) is 61.8 Å². The Morgan fingerprint density at radius 1 is 0.893 bits per heavy atom. The van der Waals surface area contributed by atoms with E-state index in [4.69, 9.17) is 0 Å². The van der Waals surface area contributed by atoms with E-state index in [-0.39, 0.29) is 52.1 Å². The Balaban J connectivity index is 1.19. The molecular weight excluding hydrogens is 697 g/mol. The van der Waals surface area contributed by atoms with Crippen LogP contribution in [0.4, 0.5) is 0 Å². The third kappa shape index (κ3) is 3.90. The predicted molar refractivity (Wildman–Crippen MR) is 214 cm³/mol. The molecule has 6 nitrogen and oxygen atoms in total. The van der Waals surface area contributed by atoms with Gasteiger partial charge in [-0.2, -0.15) is 0 Å². The first-order chi connectivity index (χ1) is 26.7. The van der Waals surface area contributed by atoms with Gasteiger partial charge in [-0.05, 0) is 151 Å². The van der Waals surface area contributed by atoms with Gasteiger partial charge in [-0.1, -0.05) is 81.5 Å². The predicted octanol–water partition coefficient (Wildman–Crippen LogP) is 5.59. The minimum atomic E-state index is -1.31. The van der Waals surface area contributed by atoms with Gasteiger partial charge >= 0.3 is 0 Å². The number of carbonyl (C=O) groups is 1. The molecule has 0 heterocycles. The Labute approximate surface area is 332 Å². The summed E-state index contributed by atoms with van der Waals surface area (Å²) in [6.45, 7) is 6.50. The van der Waals surface area contributed by atoms with Crippen LogP contribution < -0.4 is 10.4 Å². The van der Waals surface area contributed by atoms with Crippen LogP contribution in [-0.2, 0) is 4.79 Å². The molecule has 0 amide bonds. The number of aliphatic hydroxyl groups excluding tert-OH is 4. The molecule has 7 saturated carbocycles. The van der Waals surface area contributed by atoms with Crippen LogP contribution in [0, 0.1) is 85.3 Å². The van der Waals surface area contributed by atoms with Gasteiger partial charge in [0.05, 0.1) is 24.9 Å². The zero-order valence-corrected chi connectivity index (χ0v) is 33.9. The molecule has 0 radical (unpaired) electrons. The van der Waals surface area contributed by atoms with Crippen molar-refractivity contribution in [2.24, 2.45) is 73.4 Å². The minimum absolute atomic E-state index is 0.00175. The summed E-state index contributed by atoms with van der Waals surface area (Å²) in [5.74, 6) is 6.65. The highest BCUT2D eigenvalue weighted by Crippen LogP contribution is 2.85. The van der Waals surface area contributed by atoms with Crippen molar-refractivity contribution in [2.45, 2.75) is 147 Å². The molecule has 1 aromatic rings. The van der Waals surface area contributed by atoms with Gasteiger partial charge < -0.3 is 25.5 Å². The average Bonchev–Trinajstić information content (AvgIpc) is 3.64. The monoisotopic (exact) mass is 760 g/mol. The van der Waals surface area contributed by atoms with Crippen LogP contribution in [0.2, 0.25) is 0 Å². The van der Waals surface area contributed by atoms with Crippen LogP contribution in [0.25, 0.3) is 12.2 Å². The zero-order valence-electron chi connectivity index (χ0n) is 33.9. The van der Waals surface area contributed by atoms with Crippen molar-refractivity contribution in [1.29, 1.82) is 0 Å². The second-order valence-corrected chi connectivity index (χ2v) is 22.2. The van der Waals surface area contributed by atoms with Crippen LogP contribution in [0.15, 0.2) is 35.9 Å². The molecule has 11 aliphatic rings.